The summed E-state index contributed by atoms with van der Waals surface area (Å²) in [5.41, 5.74) is 0.445. The number of thiazole rings is 1. The molecule has 0 bridgehead atoms. The van der Waals surface area contributed by atoms with Gasteiger partial charge in [-0.15, -0.1) is 11.3 Å². The van der Waals surface area contributed by atoms with Crippen LogP contribution in [-0.2, 0) is 0 Å². The Morgan fingerprint density at radius 1 is 1.32 bits per heavy atom. The van der Waals surface area contributed by atoms with E-state index in [-0.39, 0.29) is 22.9 Å². The first kappa shape index (κ1) is 18.5. The Bertz CT molecular complexity index is 1050. The molecule has 1 unspecified atom stereocenters. The molecule has 2 aromatic carbocycles. The molecule has 6 nitrogen and oxygen atoms in total. The molecule has 144 valence electrons. The second-order valence-corrected chi connectivity index (χ2v) is 7.95. The number of amides is 1. The Morgan fingerprint density at radius 3 is 2.86 bits per heavy atom. The molecule has 4 rings (SSSR count). The summed E-state index contributed by atoms with van der Waals surface area (Å²) in [4.78, 5) is 30.1. The minimum atomic E-state index is -0.744. The average molecular weight is 399 g/mol. The molecule has 0 saturated carbocycles. The number of carbonyl (C=O) groups excluding carboxylic acids is 1. The molecule has 3 aromatic rings. The number of piperidine rings is 1. The number of hydrogen-bond acceptors (Lipinski definition) is 5. The largest absolute Gasteiger partial charge is 0.329 e. The Hall–Kier alpha value is -2.87. The molecule has 1 aliphatic heterocycles. The van der Waals surface area contributed by atoms with Crippen molar-refractivity contribution < 1.29 is 14.1 Å². The number of benzene rings is 2. The highest BCUT2D eigenvalue weighted by atomic mass is 32.1. The Balaban J connectivity index is 1.71. The van der Waals surface area contributed by atoms with E-state index < -0.39 is 16.6 Å². The van der Waals surface area contributed by atoms with Crippen LogP contribution in [0.3, 0.4) is 0 Å². The van der Waals surface area contributed by atoms with Crippen LogP contribution < -0.4 is 0 Å². The van der Waals surface area contributed by atoms with Gasteiger partial charge in [-0.2, -0.15) is 0 Å². The van der Waals surface area contributed by atoms with E-state index in [4.69, 9.17) is 0 Å². The first-order valence-corrected chi connectivity index (χ1v) is 9.88. The number of nitro groups is 1. The van der Waals surface area contributed by atoms with Crippen LogP contribution in [0.5, 0.6) is 0 Å². The van der Waals surface area contributed by atoms with E-state index in [2.05, 4.69) is 4.98 Å². The zero-order valence-electron chi connectivity index (χ0n) is 15.2. The summed E-state index contributed by atoms with van der Waals surface area (Å²) in [6.45, 7) is 1.86. The number of fused-ring (bicyclic) bond motifs is 1. The fourth-order valence-corrected chi connectivity index (χ4v) is 4.72. The van der Waals surface area contributed by atoms with Gasteiger partial charge in [-0.05, 0) is 44.4 Å². The van der Waals surface area contributed by atoms with Gasteiger partial charge in [0.15, 0.2) is 0 Å². The van der Waals surface area contributed by atoms with Gasteiger partial charge >= 0.3 is 0 Å². The molecule has 1 aliphatic rings. The number of rotatable bonds is 3. The highest BCUT2D eigenvalue weighted by Crippen LogP contribution is 2.37. The van der Waals surface area contributed by atoms with Crippen LogP contribution in [0.25, 0.3) is 10.2 Å². The van der Waals surface area contributed by atoms with E-state index in [0.717, 1.165) is 40.6 Å². The predicted molar refractivity (Wildman–Crippen MR) is 105 cm³/mol. The molecule has 1 atom stereocenters. The van der Waals surface area contributed by atoms with Gasteiger partial charge < -0.3 is 4.90 Å². The molecule has 0 aliphatic carbocycles. The number of nitrogens with zero attached hydrogens (tertiary/aromatic N) is 3. The molecule has 1 saturated heterocycles. The second kappa shape index (κ2) is 7.27. The number of aromatic nitrogens is 1. The lowest BCUT2D eigenvalue weighted by Gasteiger charge is -2.34. The number of halogens is 1. The van der Waals surface area contributed by atoms with Gasteiger partial charge in [0.1, 0.15) is 10.8 Å². The molecule has 0 spiro atoms. The standard InChI is InChI=1S/C20H18FN3O3S/c1-12-14(21)10-13(11-17(12)24(26)27)20(25)23-9-5-4-7-16(23)19-22-15-6-2-3-8-18(15)28-19/h2-3,6,8,10-11,16H,4-5,7,9H2,1H3. The maximum atomic E-state index is 14.2. The van der Waals surface area contributed by atoms with Crippen LogP contribution in [-0.4, -0.2) is 27.3 Å². The summed E-state index contributed by atoms with van der Waals surface area (Å²) in [5.74, 6) is -1.14. The van der Waals surface area contributed by atoms with Crippen LogP contribution in [0.15, 0.2) is 36.4 Å². The van der Waals surface area contributed by atoms with Gasteiger partial charge in [0.25, 0.3) is 11.6 Å². The highest BCUT2D eigenvalue weighted by molar-refractivity contribution is 7.18. The number of nitro benzene ring substituents is 1. The van der Waals surface area contributed by atoms with Crippen molar-refractivity contribution in [3.8, 4) is 0 Å². The van der Waals surface area contributed by atoms with Crippen LogP contribution in [0.4, 0.5) is 10.1 Å². The molecule has 0 radical (unpaired) electrons. The van der Waals surface area contributed by atoms with Crippen molar-refractivity contribution in [1.82, 2.24) is 9.88 Å². The van der Waals surface area contributed by atoms with E-state index in [0.29, 0.717) is 6.54 Å². The Morgan fingerprint density at radius 2 is 2.11 bits per heavy atom. The first-order chi connectivity index (χ1) is 13.5. The average Bonchev–Trinajstić information content (AvgIpc) is 3.13. The van der Waals surface area contributed by atoms with Gasteiger partial charge in [0.2, 0.25) is 0 Å². The normalized spacial score (nSPS) is 17.1. The van der Waals surface area contributed by atoms with Crippen LogP contribution in [0, 0.1) is 22.9 Å². The molecular weight excluding hydrogens is 381 g/mol. The zero-order valence-corrected chi connectivity index (χ0v) is 16.0. The van der Waals surface area contributed by atoms with Crippen molar-refractivity contribution in [3.63, 3.8) is 0 Å². The summed E-state index contributed by atoms with van der Waals surface area (Å²) in [6.07, 6.45) is 2.57. The summed E-state index contributed by atoms with van der Waals surface area (Å²) in [5, 5.41) is 12.1. The topological polar surface area (TPSA) is 76.3 Å². The van der Waals surface area contributed by atoms with Crippen LogP contribution in [0.1, 0.15) is 46.2 Å². The number of hydrogen-bond donors (Lipinski definition) is 0. The Labute approximate surface area is 164 Å². The van der Waals surface area contributed by atoms with Gasteiger partial charge in [0, 0.05) is 18.2 Å². The van der Waals surface area contributed by atoms with E-state index in [9.17, 15) is 19.3 Å². The van der Waals surface area contributed by atoms with E-state index in [1.54, 1.807) is 16.2 Å². The van der Waals surface area contributed by atoms with Crippen molar-refractivity contribution in [2.45, 2.75) is 32.2 Å². The van der Waals surface area contributed by atoms with Crippen molar-refractivity contribution in [3.05, 3.63) is 68.5 Å². The van der Waals surface area contributed by atoms with Gasteiger partial charge in [-0.3, -0.25) is 14.9 Å². The van der Waals surface area contributed by atoms with Crippen LogP contribution >= 0.6 is 11.3 Å². The van der Waals surface area contributed by atoms with Crippen molar-refractivity contribution in [2.24, 2.45) is 0 Å². The Kier molecular flexibility index (Phi) is 4.80. The van der Waals surface area contributed by atoms with Crippen molar-refractivity contribution in [2.75, 3.05) is 6.54 Å². The summed E-state index contributed by atoms with van der Waals surface area (Å²) < 4.78 is 15.3. The number of para-hydroxylation sites is 1. The molecular formula is C20H18FN3O3S. The zero-order chi connectivity index (χ0) is 19.8. The third-order valence-electron chi connectivity index (χ3n) is 5.12. The van der Waals surface area contributed by atoms with Crippen molar-refractivity contribution in [1.29, 1.82) is 0 Å². The lowest BCUT2D eigenvalue weighted by atomic mass is 10.0. The number of carbonyl (C=O) groups is 1. The third kappa shape index (κ3) is 3.24. The molecule has 28 heavy (non-hydrogen) atoms. The maximum Gasteiger partial charge on any atom is 0.276 e. The molecule has 8 heteroatoms. The smallest absolute Gasteiger partial charge is 0.276 e. The lowest BCUT2D eigenvalue weighted by Crippen LogP contribution is -2.38. The fourth-order valence-electron chi connectivity index (χ4n) is 3.61. The predicted octanol–water partition coefficient (Wildman–Crippen LogP) is 5.02. The number of likely N-dealkylation sites (tertiary alicyclic amines) is 1. The molecule has 2 heterocycles. The summed E-state index contributed by atoms with van der Waals surface area (Å²) in [7, 11) is 0. The van der Waals surface area contributed by atoms with Gasteiger partial charge in [0.05, 0.1) is 26.7 Å². The molecule has 1 amide bonds. The molecule has 1 aromatic heterocycles. The SMILES string of the molecule is Cc1c(F)cc(C(=O)N2CCCCC2c2nc3ccccc3s2)cc1[N+](=O)[O-]. The van der Waals surface area contributed by atoms with Crippen LogP contribution in [0.2, 0.25) is 0 Å². The third-order valence-corrected chi connectivity index (χ3v) is 6.26. The van der Waals surface area contributed by atoms with E-state index in [1.165, 1.54) is 13.0 Å². The lowest BCUT2D eigenvalue weighted by molar-refractivity contribution is -0.385. The van der Waals surface area contributed by atoms with Gasteiger partial charge in [-0.25, -0.2) is 9.37 Å². The monoisotopic (exact) mass is 399 g/mol. The van der Waals surface area contributed by atoms with Crippen molar-refractivity contribution >= 4 is 33.1 Å². The van der Waals surface area contributed by atoms with Gasteiger partial charge in [-0.1, -0.05) is 12.1 Å². The molecule has 0 N–H and O–H groups in total. The summed E-state index contributed by atoms with van der Waals surface area (Å²) in [6, 6.07) is 9.85. The van der Waals surface area contributed by atoms with E-state index in [1.807, 2.05) is 24.3 Å². The maximum absolute atomic E-state index is 14.2. The summed E-state index contributed by atoms with van der Waals surface area (Å²) >= 11 is 1.55. The minimum absolute atomic E-state index is 0.00260. The first-order valence-electron chi connectivity index (χ1n) is 9.06. The second-order valence-electron chi connectivity index (χ2n) is 6.89. The van der Waals surface area contributed by atoms with E-state index >= 15 is 0 Å². The quantitative estimate of drug-likeness (QED) is 0.458. The highest BCUT2D eigenvalue weighted by Gasteiger charge is 2.32. The fraction of sp³-hybridized carbons (Fsp3) is 0.300. The molecule has 1 fully saturated rings. The minimum Gasteiger partial charge on any atom is -0.329 e.